The first-order valence-corrected chi connectivity index (χ1v) is 7.59. The smallest absolute Gasteiger partial charge is 0.410 e. The zero-order valence-electron chi connectivity index (χ0n) is 14.0. The Hall–Kier alpha value is -1.59. The molecule has 0 bridgehead atoms. The second-order valence-electron chi connectivity index (χ2n) is 6.96. The lowest BCUT2D eigenvalue weighted by Crippen LogP contribution is -2.45. The molecule has 0 aromatic carbocycles. The summed E-state index contributed by atoms with van der Waals surface area (Å²) in [7, 11) is 0. The second kappa shape index (κ2) is 7.11. The highest BCUT2D eigenvalue weighted by atomic mass is 19.1. The van der Waals surface area contributed by atoms with Crippen molar-refractivity contribution < 1.29 is 18.7 Å². The highest BCUT2D eigenvalue weighted by molar-refractivity contribution is 5.76. The van der Waals surface area contributed by atoms with E-state index in [0.29, 0.717) is 19.4 Å². The second-order valence-corrected chi connectivity index (χ2v) is 6.96. The Morgan fingerprint density at radius 3 is 2.36 bits per heavy atom. The number of allylic oxidation sites excluding steroid dienone is 1. The third kappa shape index (κ3) is 6.03. The quantitative estimate of drug-likeness (QED) is 0.753. The van der Waals surface area contributed by atoms with Gasteiger partial charge in [-0.1, -0.05) is 6.08 Å². The van der Waals surface area contributed by atoms with Gasteiger partial charge in [-0.3, -0.25) is 4.79 Å². The molecule has 1 atom stereocenters. The lowest BCUT2D eigenvalue weighted by Gasteiger charge is -2.29. The summed E-state index contributed by atoms with van der Waals surface area (Å²) in [4.78, 5) is 27.0. The van der Waals surface area contributed by atoms with Crippen molar-refractivity contribution in [3.05, 3.63) is 12.7 Å². The molecule has 0 spiro atoms. The first kappa shape index (κ1) is 18.5. The number of carbonyl (C=O) groups excluding carboxylic acids is 2. The van der Waals surface area contributed by atoms with Crippen LogP contribution in [-0.2, 0) is 9.53 Å². The minimum absolute atomic E-state index is 0.0116. The van der Waals surface area contributed by atoms with Gasteiger partial charge in [0.15, 0.2) is 0 Å². The van der Waals surface area contributed by atoms with E-state index >= 15 is 0 Å². The van der Waals surface area contributed by atoms with Gasteiger partial charge < -0.3 is 14.5 Å². The SMILES string of the molecule is C=CCCC(=O)N1CCN(C(=O)OC(C)(C)C)C[C@](C)(F)C1. The Balaban J connectivity index is 2.74. The number of ether oxygens (including phenoxy) is 1. The largest absolute Gasteiger partial charge is 0.444 e. The van der Waals surface area contributed by atoms with Crippen molar-refractivity contribution in [2.75, 3.05) is 26.2 Å². The molecule has 0 aromatic heterocycles. The molecule has 22 heavy (non-hydrogen) atoms. The summed E-state index contributed by atoms with van der Waals surface area (Å²) in [5.41, 5.74) is -2.28. The molecule has 2 amide bonds. The highest BCUT2D eigenvalue weighted by Crippen LogP contribution is 2.21. The first-order chi connectivity index (χ1) is 10.0. The average molecular weight is 314 g/mol. The maximum atomic E-state index is 14.6. The summed E-state index contributed by atoms with van der Waals surface area (Å²) in [6.45, 7) is 10.8. The number of halogens is 1. The Labute approximate surface area is 132 Å². The monoisotopic (exact) mass is 314 g/mol. The van der Waals surface area contributed by atoms with Crippen molar-refractivity contribution in [2.24, 2.45) is 0 Å². The maximum absolute atomic E-state index is 14.6. The molecule has 5 nitrogen and oxygen atoms in total. The fourth-order valence-electron chi connectivity index (χ4n) is 2.32. The van der Waals surface area contributed by atoms with Crippen LogP contribution in [0.4, 0.5) is 9.18 Å². The van der Waals surface area contributed by atoms with Crippen molar-refractivity contribution in [1.29, 1.82) is 0 Å². The summed E-state index contributed by atoms with van der Waals surface area (Å²) in [5, 5.41) is 0. The zero-order valence-corrected chi connectivity index (χ0v) is 14.0. The van der Waals surface area contributed by atoms with Crippen LogP contribution >= 0.6 is 0 Å². The number of nitrogens with zero attached hydrogens (tertiary/aromatic N) is 2. The van der Waals surface area contributed by atoms with E-state index in [-0.39, 0.29) is 25.5 Å². The Morgan fingerprint density at radius 1 is 1.27 bits per heavy atom. The van der Waals surface area contributed by atoms with E-state index in [1.807, 2.05) is 0 Å². The van der Waals surface area contributed by atoms with Crippen LogP contribution in [0, 0.1) is 0 Å². The number of hydrogen-bond acceptors (Lipinski definition) is 3. The van der Waals surface area contributed by atoms with Gasteiger partial charge in [0.05, 0.1) is 13.1 Å². The molecule has 0 aliphatic carbocycles. The Kier molecular flexibility index (Phi) is 5.97. The summed E-state index contributed by atoms with van der Waals surface area (Å²) < 4.78 is 19.9. The fraction of sp³-hybridized carbons (Fsp3) is 0.750. The van der Waals surface area contributed by atoms with Gasteiger partial charge in [-0.05, 0) is 34.1 Å². The third-order valence-electron chi connectivity index (χ3n) is 3.25. The van der Waals surface area contributed by atoms with Crippen LogP contribution < -0.4 is 0 Å². The van der Waals surface area contributed by atoms with E-state index in [4.69, 9.17) is 4.74 Å². The van der Waals surface area contributed by atoms with Gasteiger partial charge in [-0.25, -0.2) is 9.18 Å². The van der Waals surface area contributed by atoms with Gasteiger partial charge in [-0.2, -0.15) is 0 Å². The van der Waals surface area contributed by atoms with Crippen LogP contribution in [0.5, 0.6) is 0 Å². The summed E-state index contributed by atoms with van der Waals surface area (Å²) in [5.74, 6) is -0.116. The molecule has 1 aliphatic rings. The first-order valence-electron chi connectivity index (χ1n) is 7.59. The minimum atomic E-state index is -1.66. The third-order valence-corrected chi connectivity index (χ3v) is 3.25. The number of alkyl halides is 1. The number of carbonyl (C=O) groups is 2. The van der Waals surface area contributed by atoms with Crippen LogP contribution in [0.15, 0.2) is 12.7 Å². The Morgan fingerprint density at radius 2 is 1.82 bits per heavy atom. The molecule has 1 aliphatic heterocycles. The van der Waals surface area contributed by atoms with E-state index < -0.39 is 17.4 Å². The number of hydrogen-bond donors (Lipinski definition) is 0. The van der Waals surface area contributed by atoms with E-state index in [0.717, 1.165) is 0 Å². The van der Waals surface area contributed by atoms with Crippen LogP contribution in [0.2, 0.25) is 0 Å². The van der Waals surface area contributed by atoms with Crippen LogP contribution in [0.3, 0.4) is 0 Å². The van der Waals surface area contributed by atoms with Crippen molar-refractivity contribution in [2.45, 2.75) is 51.8 Å². The Bertz CT molecular complexity index is 430. The van der Waals surface area contributed by atoms with Crippen LogP contribution in [0.1, 0.15) is 40.5 Å². The van der Waals surface area contributed by atoms with Crippen LogP contribution in [0.25, 0.3) is 0 Å². The fourth-order valence-corrected chi connectivity index (χ4v) is 2.32. The molecule has 0 saturated carbocycles. The molecule has 1 rings (SSSR count). The molecule has 0 aromatic rings. The summed E-state index contributed by atoms with van der Waals surface area (Å²) in [6.07, 6.45) is 1.99. The minimum Gasteiger partial charge on any atom is -0.444 e. The maximum Gasteiger partial charge on any atom is 0.410 e. The molecule has 6 heteroatoms. The van der Waals surface area contributed by atoms with E-state index in [1.165, 1.54) is 16.7 Å². The lowest BCUT2D eigenvalue weighted by atomic mass is 10.1. The van der Waals surface area contributed by atoms with Crippen LogP contribution in [-0.4, -0.2) is 59.2 Å². The predicted molar refractivity (Wildman–Crippen MR) is 83.3 cm³/mol. The van der Waals surface area contributed by atoms with Gasteiger partial charge in [-0.15, -0.1) is 6.58 Å². The van der Waals surface area contributed by atoms with Crippen molar-refractivity contribution >= 4 is 12.0 Å². The lowest BCUT2D eigenvalue weighted by molar-refractivity contribution is -0.132. The average Bonchev–Trinajstić information content (AvgIpc) is 2.52. The molecule has 1 fully saturated rings. The van der Waals surface area contributed by atoms with Gasteiger partial charge in [0, 0.05) is 19.5 Å². The molecule has 126 valence electrons. The van der Waals surface area contributed by atoms with Crippen molar-refractivity contribution in [1.82, 2.24) is 9.80 Å². The highest BCUT2D eigenvalue weighted by Gasteiger charge is 2.37. The molecule has 1 saturated heterocycles. The van der Waals surface area contributed by atoms with Gasteiger partial charge in [0.1, 0.15) is 11.3 Å². The molecule has 0 N–H and O–H groups in total. The van der Waals surface area contributed by atoms with Crippen molar-refractivity contribution in [3.8, 4) is 0 Å². The predicted octanol–water partition coefficient (Wildman–Crippen LogP) is 2.76. The van der Waals surface area contributed by atoms with E-state index in [9.17, 15) is 14.0 Å². The molecular formula is C16H27FN2O3. The standard InChI is InChI=1S/C16H27FN2O3/c1-6-7-8-13(20)18-9-10-19(12-16(5,17)11-18)14(21)22-15(2,3)4/h6H,1,7-12H2,2-5H3/t16-/m1/s1. The molecule has 1 heterocycles. The molecule has 0 radical (unpaired) electrons. The molecule has 0 unspecified atom stereocenters. The van der Waals surface area contributed by atoms with Gasteiger partial charge in [0.25, 0.3) is 0 Å². The van der Waals surface area contributed by atoms with E-state index in [2.05, 4.69) is 6.58 Å². The molecular weight excluding hydrogens is 287 g/mol. The van der Waals surface area contributed by atoms with Gasteiger partial charge >= 0.3 is 6.09 Å². The van der Waals surface area contributed by atoms with Gasteiger partial charge in [0.2, 0.25) is 5.91 Å². The summed E-state index contributed by atoms with van der Waals surface area (Å²) in [6, 6.07) is 0. The normalized spacial score (nSPS) is 23.0. The summed E-state index contributed by atoms with van der Waals surface area (Å²) >= 11 is 0. The van der Waals surface area contributed by atoms with Crippen molar-refractivity contribution in [3.63, 3.8) is 0 Å². The van der Waals surface area contributed by atoms with E-state index in [1.54, 1.807) is 26.8 Å². The number of amides is 2. The topological polar surface area (TPSA) is 49.9 Å². The zero-order chi connectivity index (χ0) is 17.0. The number of rotatable bonds is 3.